The number of rotatable bonds is 8. The van der Waals surface area contributed by atoms with Crippen LogP contribution in [0.15, 0.2) is 5.29 Å². The summed E-state index contributed by atoms with van der Waals surface area (Å²) in [5.74, 6) is 0. The number of nitrogens with zero attached hydrogens (tertiary/aromatic N) is 2. The quantitative estimate of drug-likeness (QED) is 0.455. The second-order valence-corrected chi connectivity index (χ2v) is 4.68. The first-order valence-corrected chi connectivity index (χ1v) is 6.85. The molecular formula is C12H23N3O7. The van der Waals surface area contributed by atoms with Crippen molar-refractivity contribution in [1.29, 1.82) is 0 Å². The molecular weight excluding hydrogens is 298 g/mol. The summed E-state index contributed by atoms with van der Waals surface area (Å²) < 4.78 is 21.4. The van der Waals surface area contributed by atoms with E-state index < -0.39 is 36.7 Å². The predicted molar refractivity (Wildman–Crippen MR) is 74.8 cm³/mol. The van der Waals surface area contributed by atoms with E-state index in [9.17, 15) is 14.8 Å². The van der Waals surface area contributed by atoms with E-state index in [1.165, 1.54) is 21.3 Å². The van der Waals surface area contributed by atoms with Gasteiger partial charge in [-0.3, -0.25) is 0 Å². The molecule has 0 aromatic rings. The van der Waals surface area contributed by atoms with Gasteiger partial charge < -0.3 is 29.4 Å². The maximum absolute atomic E-state index is 11.5. The summed E-state index contributed by atoms with van der Waals surface area (Å²) in [5, 5.41) is 15.7. The van der Waals surface area contributed by atoms with Gasteiger partial charge in [0.25, 0.3) is 0 Å². The van der Waals surface area contributed by atoms with Crippen LogP contribution in [0.3, 0.4) is 0 Å². The highest BCUT2D eigenvalue weighted by Crippen LogP contribution is 2.27. The second-order valence-electron chi connectivity index (χ2n) is 4.68. The smallest absolute Gasteiger partial charge is 0.340 e. The fourth-order valence-corrected chi connectivity index (χ4v) is 2.21. The summed E-state index contributed by atoms with van der Waals surface area (Å²) in [6.07, 6.45) is -3.71. The van der Waals surface area contributed by atoms with Gasteiger partial charge >= 0.3 is 6.03 Å². The van der Waals surface area contributed by atoms with Crippen LogP contribution in [0.25, 0.3) is 0 Å². The Morgan fingerprint density at radius 1 is 1.50 bits per heavy atom. The molecule has 0 aliphatic carbocycles. The predicted octanol–water partition coefficient (Wildman–Crippen LogP) is -0.538. The van der Waals surface area contributed by atoms with E-state index in [1.54, 1.807) is 6.92 Å². The maximum atomic E-state index is 11.5. The Kier molecular flexibility index (Phi) is 7.62. The van der Waals surface area contributed by atoms with Crippen LogP contribution in [0, 0.1) is 4.91 Å². The largest absolute Gasteiger partial charge is 0.385 e. The van der Waals surface area contributed by atoms with Crippen molar-refractivity contribution in [3.63, 3.8) is 0 Å². The standard InChI is InChI=1S/C12H23N3O7/c1-5-21-11-8(16)10(20-4)9(22-11)7(19-3)6-13-12(17)15(2)14-18/h7-11,16H,5-6H2,1-4H3,(H,13,17)/t7-,8-,9-,10-,11-/m1/s1. The SMILES string of the molecule is CCO[C@@H]1O[C@H]([C@@H](CNC(=O)N(C)N=O)OC)[C@H](OC)[C@H]1O. The molecule has 0 unspecified atom stereocenters. The van der Waals surface area contributed by atoms with Crippen LogP contribution in [0.5, 0.6) is 0 Å². The zero-order valence-corrected chi connectivity index (χ0v) is 13.1. The average Bonchev–Trinajstić information content (AvgIpc) is 2.83. The molecule has 5 atom stereocenters. The molecule has 10 nitrogen and oxygen atoms in total. The number of ether oxygens (including phenoxy) is 4. The number of nitrogens with one attached hydrogen (secondary N) is 1. The maximum Gasteiger partial charge on any atom is 0.340 e. The summed E-state index contributed by atoms with van der Waals surface area (Å²) in [7, 11) is 4.10. The van der Waals surface area contributed by atoms with Gasteiger partial charge in [0.2, 0.25) is 0 Å². The number of amides is 2. The Morgan fingerprint density at radius 2 is 2.18 bits per heavy atom. The van der Waals surface area contributed by atoms with Crippen molar-refractivity contribution < 1.29 is 28.8 Å². The summed E-state index contributed by atoms with van der Waals surface area (Å²) in [4.78, 5) is 21.8. The van der Waals surface area contributed by atoms with Crippen molar-refractivity contribution in [1.82, 2.24) is 10.3 Å². The first-order valence-electron chi connectivity index (χ1n) is 6.85. The molecule has 10 heteroatoms. The Hall–Kier alpha value is -1.33. The molecule has 0 aromatic heterocycles. The van der Waals surface area contributed by atoms with Crippen molar-refractivity contribution >= 4 is 6.03 Å². The van der Waals surface area contributed by atoms with Gasteiger partial charge in [-0.15, -0.1) is 4.91 Å². The van der Waals surface area contributed by atoms with Gasteiger partial charge in [0.1, 0.15) is 24.4 Å². The van der Waals surface area contributed by atoms with Crippen LogP contribution in [0.2, 0.25) is 0 Å². The highest BCUT2D eigenvalue weighted by atomic mass is 16.7. The number of methoxy groups -OCH3 is 2. The van der Waals surface area contributed by atoms with Crippen molar-refractivity contribution in [3.05, 3.63) is 4.91 Å². The van der Waals surface area contributed by atoms with Gasteiger partial charge in [-0.25, -0.2) is 4.79 Å². The first-order chi connectivity index (χ1) is 10.5. The Bertz CT molecular complexity index is 371. The molecule has 1 aliphatic heterocycles. The fraction of sp³-hybridized carbons (Fsp3) is 0.917. The minimum absolute atomic E-state index is 0.0469. The summed E-state index contributed by atoms with van der Waals surface area (Å²) >= 11 is 0. The Morgan fingerprint density at radius 3 is 2.68 bits per heavy atom. The van der Waals surface area contributed by atoms with E-state index in [0.29, 0.717) is 11.6 Å². The first kappa shape index (κ1) is 18.7. The van der Waals surface area contributed by atoms with Gasteiger partial charge in [0.05, 0.1) is 5.29 Å². The molecule has 1 rings (SSSR count). The lowest BCUT2D eigenvalue weighted by Crippen LogP contribution is -2.48. The van der Waals surface area contributed by atoms with Crippen molar-refractivity contribution in [2.45, 2.75) is 37.6 Å². The number of hydrogen-bond acceptors (Lipinski definition) is 8. The zero-order valence-electron chi connectivity index (χ0n) is 13.1. The molecule has 1 aliphatic rings. The summed E-state index contributed by atoms with van der Waals surface area (Å²) in [6.45, 7) is 2.20. The third-order valence-corrected chi connectivity index (χ3v) is 3.37. The summed E-state index contributed by atoms with van der Waals surface area (Å²) in [5.41, 5.74) is 0. The summed E-state index contributed by atoms with van der Waals surface area (Å²) in [6, 6.07) is -0.675. The van der Waals surface area contributed by atoms with Crippen LogP contribution in [0.4, 0.5) is 4.79 Å². The third kappa shape index (κ3) is 4.34. The lowest BCUT2D eigenvalue weighted by atomic mass is 10.1. The van der Waals surface area contributed by atoms with E-state index in [2.05, 4.69) is 10.6 Å². The third-order valence-electron chi connectivity index (χ3n) is 3.37. The van der Waals surface area contributed by atoms with E-state index in [-0.39, 0.29) is 6.54 Å². The fourth-order valence-electron chi connectivity index (χ4n) is 2.21. The molecule has 1 saturated heterocycles. The number of carbonyl (C=O) groups is 1. The van der Waals surface area contributed by atoms with Crippen LogP contribution >= 0.6 is 0 Å². The monoisotopic (exact) mass is 321 g/mol. The number of hydrogen-bond donors (Lipinski definition) is 2. The van der Waals surface area contributed by atoms with Gasteiger partial charge in [-0.1, -0.05) is 0 Å². The molecule has 0 spiro atoms. The lowest BCUT2D eigenvalue weighted by molar-refractivity contribution is -0.177. The average molecular weight is 321 g/mol. The normalized spacial score (nSPS) is 29.1. The molecule has 22 heavy (non-hydrogen) atoms. The van der Waals surface area contributed by atoms with E-state index >= 15 is 0 Å². The Balaban J connectivity index is 2.68. The van der Waals surface area contributed by atoms with Crippen LogP contribution in [-0.4, -0.2) is 81.3 Å². The highest BCUT2D eigenvalue weighted by molar-refractivity contribution is 5.73. The molecule has 1 heterocycles. The Labute approximate surface area is 128 Å². The van der Waals surface area contributed by atoms with Crippen molar-refractivity contribution in [2.24, 2.45) is 5.29 Å². The van der Waals surface area contributed by atoms with E-state index in [0.717, 1.165) is 0 Å². The molecule has 0 bridgehead atoms. The van der Waals surface area contributed by atoms with Crippen molar-refractivity contribution in [3.8, 4) is 0 Å². The number of carbonyl (C=O) groups excluding carboxylic acids is 1. The molecule has 0 saturated carbocycles. The minimum atomic E-state index is -0.970. The molecule has 1 fully saturated rings. The molecule has 0 aromatic carbocycles. The molecule has 0 radical (unpaired) electrons. The molecule has 2 amide bonds. The van der Waals surface area contributed by atoms with Crippen LogP contribution in [0.1, 0.15) is 6.92 Å². The highest BCUT2D eigenvalue weighted by Gasteiger charge is 2.48. The van der Waals surface area contributed by atoms with Crippen LogP contribution < -0.4 is 5.32 Å². The minimum Gasteiger partial charge on any atom is -0.385 e. The van der Waals surface area contributed by atoms with Gasteiger partial charge in [0.15, 0.2) is 6.29 Å². The lowest BCUT2D eigenvalue weighted by Gasteiger charge is -2.26. The number of nitroso groups, excluding NO2 is 1. The van der Waals surface area contributed by atoms with Crippen molar-refractivity contribution in [2.75, 3.05) is 34.4 Å². The second kappa shape index (κ2) is 8.96. The zero-order chi connectivity index (χ0) is 16.7. The van der Waals surface area contributed by atoms with Gasteiger partial charge in [-0.2, -0.15) is 5.01 Å². The van der Waals surface area contributed by atoms with E-state index in [1.807, 2.05) is 0 Å². The molecule has 2 N–H and O–H groups in total. The molecule has 128 valence electrons. The van der Waals surface area contributed by atoms with Gasteiger partial charge in [-0.05, 0) is 6.92 Å². The topological polar surface area (TPSA) is 119 Å². The number of aliphatic hydroxyl groups excluding tert-OH is 1. The number of aliphatic hydroxyl groups is 1. The van der Waals surface area contributed by atoms with Crippen LogP contribution in [-0.2, 0) is 18.9 Å². The van der Waals surface area contributed by atoms with Gasteiger partial charge in [0, 0.05) is 34.4 Å². The number of urea groups is 1. The van der Waals surface area contributed by atoms with E-state index in [4.69, 9.17) is 18.9 Å².